The number of benzene rings is 1. The second kappa shape index (κ2) is 6.12. The van der Waals surface area contributed by atoms with Crippen LogP contribution in [0.5, 0.6) is 0 Å². The van der Waals surface area contributed by atoms with Gasteiger partial charge in [-0.2, -0.15) is 0 Å². The Morgan fingerprint density at radius 1 is 1.25 bits per heavy atom. The van der Waals surface area contributed by atoms with Gasteiger partial charge in [0.1, 0.15) is 17.8 Å². The third-order valence-corrected chi connectivity index (χ3v) is 2.96. The first-order chi connectivity index (χ1) is 9.59. The molecule has 0 unspecified atom stereocenters. The van der Waals surface area contributed by atoms with E-state index >= 15 is 0 Å². The highest BCUT2D eigenvalue weighted by atomic mass is 16.6. The minimum Gasteiger partial charge on any atom is -0.469 e. The maximum Gasteiger partial charge on any atom is 0.216 e. The van der Waals surface area contributed by atoms with Gasteiger partial charge >= 0.3 is 0 Å². The summed E-state index contributed by atoms with van der Waals surface area (Å²) in [5.74, 6) is -1.35. The van der Waals surface area contributed by atoms with E-state index in [9.17, 15) is 20.0 Å². The number of carbonyl (C=O) groups excluding carboxylic acids is 1. The van der Waals surface area contributed by atoms with Crippen molar-refractivity contribution in [2.24, 2.45) is 0 Å². The summed E-state index contributed by atoms with van der Waals surface area (Å²) >= 11 is 0. The zero-order chi connectivity index (χ0) is 14.5. The van der Waals surface area contributed by atoms with E-state index in [-0.39, 0.29) is 5.76 Å². The first-order valence-electron chi connectivity index (χ1n) is 6.02. The minimum absolute atomic E-state index is 0.221. The van der Waals surface area contributed by atoms with Crippen LogP contribution in [0.25, 0.3) is 0 Å². The van der Waals surface area contributed by atoms with Crippen LogP contribution < -0.4 is 0 Å². The molecule has 0 aliphatic carbocycles. The van der Waals surface area contributed by atoms with Crippen LogP contribution in [0.2, 0.25) is 0 Å². The lowest BCUT2D eigenvalue weighted by atomic mass is 9.93. The smallest absolute Gasteiger partial charge is 0.216 e. The molecule has 0 saturated heterocycles. The van der Waals surface area contributed by atoms with Crippen LogP contribution in [0.15, 0.2) is 53.1 Å². The van der Waals surface area contributed by atoms with Crippen molar-refractivity contribution in [2.45, 2.75) is 12.0 Å². The Hall–Kier alpha value is -2.47. The largest absolute Gasteiger partial charge is 0.469 e. The van der Waals surface area contributed by atoms with Gasteiger partial charge in [0.15, 0.2) is 5.78 Å². The van der Waals surface area contributed by atoms with E-state index in [2.05, 4.69) is 0 Å². The van der Waals surface area contributed by atoms with Crippen molar-refractivity contribution in [1.29, 1.82) is 0 Å². The zero-order valence-electron chi connectivity index (χ0n) is 10.5. The Balaban J connectivity index is 2.25. The van der Waals surface area contributed by atoms with Crippen molar-refractivity contribution in [3.05, 3.63) is 70.2 Å². The van der Waals surface area contributed by atoms with Gasteiger partial charge < -0.3 is 9.52 Å². The van der Waals surface area contributed by atoms with Crippen molar-refractivity contribution in [2.75, 3.05) is 6.54 Å². The molecule has 1 aromatic heterocycles. The molecule has 2 aromatic rings. The fourth-order valence-corrected chi connectivity index (χ4v) is 1.96. The third kappa shape index (κ3) is 3.10. The molecule has 6 nitrogen and oxygen atoms in total. The molecule has 2 atom stereocenters. The molecule has 0 bridgehead atoms. The van der Waals surface area contributed by atoms with Crippen molar-refractivity contribution < 1.29 is 19.2 Å². The van der Waals surface area contributed by atoms with Crippen LogP contribution in [0.4, 0.5) is 0 Å². The zero-order valence-corrected chi connectivity index (χ0v) is 10.5. The van der Waals surface area contributed by atoms with E-state index in [0.29, 0.717) is 5.56 Å². The molecule has 0 fully saturated rings. The Labute approximate surface area is 114 Å². The van der Waals surface area contributed by atoms with Gasteiger partial charge in [0.05, 0.1) is 6.26 Å². The number of Topliss-reactive ketones (excluding diaryl/α,β-unsaturated/α-hetero) is 1. The molecular weight excluding hydrogens is 262 g/mol. The number of aliphatic hydroxyl groups excluding tert-OH is 1. The van der Waals surface area contributed by atoms with E-state index in [4.69, 9.17) is 4.42 Å². The number of hydrogen-bond acceptors (Lipinski definition) is 5. The van der Waals surface area contributed by atoms with Crippen LogP contribution >= 0.6 is 0 Å². The Bertz CT molecular complexity index is 579. The molecule has 0 aliphatic heterocycles. The van der Waals surface area contributed by atoms with E-state index in [0.717, 1.165) is 0 Å². The summed E-state index contributed by atoms with van der Waals surface area (Å²) in [5.41, 5.74) is 0.305. The lowest BCUT2D eigenvalue weighted by molar-refractivity contribution is -0.485. The van der Waals surface area contributed by atoms with Gasteiger partial charge in [0.2, 0.25) is 6.54 Å². The van der Waals surface area contributed by atoms with Crippen LogP contribution in [-0.2, 0) is 0 Å². The third-order valence-electron chi connectivity index (χ3n) is 2.96. The van der Waals surface area contributed by atoms with Crippen molar-refractivity contribution in [3.63, 3.8) is 0 Å². The molecule has 1 heterocycles. The van der Waals surface area contributed by atoms with Crippen LogP contribution in [0.3, 0.4) is 0 Å². The highest BCUT2D eigenvalue weighted by molar-refractivity contribution is 5.99. The minimum atomic E-state index is -1.52. The molecule has 1 aromatic carbocycles. The molecule has 6 heteroatoms. The predicted molar refractivity (Wildman–Crippen MR) is 70.1 cm³/mol. The molecule has 0 spiro atoms. The molecular formula is C14H13NO5. The number of nitro groups is 1. The van der Waals surface area contributed by atoms with E-state index < -0.39 is 29.3 Å². The standard InChI is InChI=1S/C14H13NO5/c16-13(10-5-2-1-3-6-10)14(17)11(9-15(18)19)12-7-4-8-20-12/h1-8,11,14,17H,9H2/t11-,14+/m1/s1. The average Bonchev–Trinajstić information content (AvgIpc) is 2.98. The second-order valence-electron chi connectivity index (χ2n) is 4.31. The van der Waals surface area contributed by atoms with Crippen molar-refractivity contribution in [3.8, 4) is 0 Å². The number of furan rings is 1. The van der Waals surface area contributed by atoms with E-state index in [1.807, 2.05) is 0 Å². The lowest BCUT2D eigenvalue weighted by Gasteiger charge is -2.16. The fraction of sp³-hybridized carbons (Fsp3) is 0.214. The highest BCUT2D eigenvalue weighted by Gasteiger charge is 2.34. The second-order valence-corrected chi connectivity index (χ2v) is 4.31. The Morgan fingerprint density at radius 3 is 2.50 bits per heavy atom. The molecule has 2 rings (SSSR count). The molecule has 0 amide bonds. The Morgan fingerprint density at radius 2 is 1.95 bits per heavy atom. The summed E-state index contributed by atoms with van der Waals surface area (Å²) in [7, 11) is 0. The van der Waals surface area contributed by atoms with Crippen LogP contribution in [0, 0.1) is 10.1 Å². The van der Waals surface area contributed by atoms with Gasteiger partial charge in [-0.3, -0.25) is 14.9 Å². The first-order valence-corrected chi connectivity index (χ1v) is 6.02. The van der Waals surface area contributed by atoms with Gasteiger partial charge in [0.25, 0.3) is 0 Å². The maximum absolute atomic E-state index is 12.1. The predicted octanol–water partition coefficient (Wildman–Crippen LogP) is 1.88. The number of rotatable bonds is 6. The lowest BCUT2D eigenvalue weighted by Crippen LogP contribution is -2.32. The van der Waals surface area contributed by atoms with E-state index in [1.165, 1.54) is 12.3 Å². The highest BCUT2D eigenvalue weighted by Crippen LogP contribution is 2.23. The van der Waals surface area contributed by atoms with Crippen molar-refractivity contribution >= 4 is 5.78 Å². The molecule has 104 valence electrons. The quantitative estimate of drug-likeness (QED) is 0.493. The number of aliphatic hydroxyl groups is 1. The summed E-state index contributed by atoms with van der Waals surface area (Å²) in [6.45, 7) is -0.576. The maximum atomic E-state index is 12.1. The monoisotopic (exact) mass is 275 g/mol. The number of hydrogen-bond donors (Lipinski definition) is 1. The molecule has 0 saturated carbocycles. The fourth-order valence-electron chi connectivity index (χ4n) is 1.96. The van der Waals surface area contributed by atoms with Gasteiger partial charge in [-0.25, -0.2) is 0 Å². The summed E-state index contributed by atoms with van der Waals surface area (Å²) in [6.07, 6.45) is -0.170. The summed E-state index contributed by atoms with van der Waals surface area (Å²) in [6, 6.07) is 11.2. The molecule has 0 radical (unpaired) electrons. The number of carbonyl (C=O) groups is 1. The van der Waals surface area contributed by atoms with Gasteiger partial charge in [-0.1, -0.05) is 30.3 Å². The SMILES string of the molecule is O=C(c1ccccc1)[C@@H](O)[C@H](C[N+](=O)[O-])c1ccco1. The topological polar surface area (TPSA) is 93.6 Å². The average molecular weight is 275 g/mol. The molecule has 0 aliphatic rings. The van der Waals surface area contributed by atoms with Gasteiger partial charge in [-0.05, 0) is 12.1 Å². The molecule has 1 N–H and O–H groups in total. The first kappa shape index (κ1) is 14.0. The number of nitrogens with zero attached hydrogens (tertiary/aromatic N) is 1. The summed E-state index contributed by atoms with van der Waals surface area (Å²) < 4.78 is 5.09. The van der Waals surface area contributed by atoms with Gasteiger partial charge in [-0.15, -0.1) is 0 Å². The van der Waals surface area contributed by atoms with Crippen LogP contribution in [-0.4, -0.2) is 28.5 Å². The summed E-state index contributed by atoms with van der Waals surface area (Å²) in [4.78, 5) is 22.3. The normalized spacial score (nSPS) is 13.7. The molecule has 20 heavy (non-hydrogen) atoms. The van der Waals surface area contributed by atoms with Crippen LogP contribution in [0.1, 0.15) is 22.0 Å². The Kier molecular flexibility index (Phi) is 4.27. The van der Waals surface area contributed by atoms with E-state index in [1.54, 1.807) is 36.4 Å². The number of ketones is 1. The van der Waals surface area contributed by atoms with Gasteiger partial charge in [0, 0.05) is 10.5 Å². The van der Waals surface area contributed by atoms with Crippen molar-refractivity contribution in [1.82, 2.24) is 0 Å². The summed E-state index contributed by atoms with van der Waals surface area (Å²) in [5, 5.41) is 20.8.